The normalized spacial score (nSPS) is 10.7. The second kappa shape index (κ2) is 5.63. The van der Waals surface area contributed by atoms with Gasteiger partial charge in [-0.3, -0.25) is 4.98 Å². The van der Waals surface area contributed by atoms with E-state index in [1.54, 1.807) is 37.7 Å². The molecule has 0 aliphatic heterocycles. The fraction of sp³-hybridized carbons (Fsp3) is 0.0667. The Morgan fingerprint density at radius 3 is 2.68 bits per heavy atom. The van der Waals surface area contributed by atoms with E-state index in [0.29, 0.717) is 22.5 Å². The largest absolute Gasteiger partial charge is 0.496 e. The smallest absolute Gasteiger partial charge is 0.488 e. The molecule has 0 radical (unpaired) electrons. The second-order valence-corrected chi connectivity index (χ2v) is 4.83. The van der Waals surface area contributed by atoms with E-state index in [1.807, 2.05) is 12.1 Å². The molecule has 0 aliphatic carbocycles. The number of nitrogens with zero attached hydrogens (tertiary/aromatic N) is 2. The topological polar surface area (TPSA) is 101 Å². The Balaban J connectivity index is 2.19. The highest BCUT2D eigenvalue weighted by molar-refractivity contribution is 6.58. The van der Waals surface area contributed by atoms with Crippen molar-refractivity contribution in [1.29, 1.82) is 0 Å². The molecule has 4 N–H and O–H groups in total. The van der Waals surface area contributed by atoms with Crippen LogP contribution in [0.4, 0.5) is 5.82 Å². The number of ether oxygens (including phenoxy) is 1. The van der Waals surface area contributed by atoms with Crippen LogP contribution in [-0.4, -0.2) is 34.2 Å². The molecular weight excluding hydrogens is 281 g/mol. The maximum Gasteiger partial charge on any atom is 0.488 e. The third-order valence-electron chi connectivity index (χ3n) is 3.46. The molecule has 7 heteroatoms. The quantitative estimate of drug-likeness (QED) is 0.611. The number of rotatable bonds is 3. The minimum atomic E-state index is -1.54. The molecule has 0 amide bonds. The molecule has 22 heavy (non-hydrogen) atoms. The Kier molecular flexibility index (Phi) is 3.66. The SMILES string of the molecule is COc1ccc(B(O)O)cc1-c1cnc2c(N)nccc2c1. The number of aromatic nitrogens is 2. The summed E-state index contributed by atoms with van der Waals surface area (Å²) in [5.74, 6) is 0.989. The van der Waals surface area contributed by atoms with E-state index in [9.17, 15) is 10.0 Å². The van der Waals surface area contributed by atoms with Crippen molar-refractivity contribution in [3.8, 4) is 16.9 Å². The predicted octanol–water partition coefficient (Wildman–Crippen LogP) is 0.567. The second-order valence-electron chi connectivity index (χ2n) is 4.83. The van der Waals surface area contributed by atoms with Crippen molar-refractivity contribution in [3.63, 3.8) is 0 Å². The standard InChI is InChI=1S/C15H14BN3O3/c1-22-13-3-2-11(16(20)21)7-12(13)10-6-9-4-5-18-15(17)14(9)19-8-10/h2-8,20-21H,1H3,(H2,17,18). The van der Waals surface area contributed by atoms with E-state index < -0.39 is 7.12 Å². The summed E-state index contributed by atoms with van der Waals surface area (Å²) in [5, 5.41) is 19.5. The van der Waals surface area contributed by atoms with Crippen LogP contribution in [0.25, 0.3) is 22.0 Å². The lowest BCUT2D eigenvalue weighted by Crippen LogP contribution is -2.29. The van der Waals surface area contributed by atoms with E-state index in [2.05, 4.69) is 9.97 Å². The molecule has 2 aromatic heterocycles. The van der Waals surface area contributed by atoms with Gasteiger partial charge in [0.25, 0.3) is 0 Å². The summed E-state index contributed by atoms with van der Waals surface area (Å²) in [6.07, 6.45) is 3.28. The lowest BCUT2D eigenvalue weighted by molar-refractivity contribution is 0.415. The van der Waals surface area contributed by atoms with Gasteiger partial charge in [0.15, 0.2) is 0 Å². The first-order valence-electron chi connectivity index (χ1n) is 6.65. The molecule has 2 heterocycles. The molecule has 0 unspecified atom stereocenters. The van der Waals surface area contributed by atoms with Crippen LogP contribution in [0, 0.1) is 0 Å². The highest BCUT2D eigenvalue weighted by atomic mass is 16.5. The Bertz CT molecular complexity index is 839. The van der Waals surface area contributed by atoms with Crippen LogP contribution < -0.4 is 15.9 Å². The molecule has 6 nitrogen and oxygen atoms in total. The zero-order valence-corrected chi connectivity index (χ0v) is 11.9. The zero-order chi connectivity index (χ0) is 15.7. The van der Waals surface area contributed by atoms with Crippen LogP contribution in [0.5, 0.6) is 5.75 Å². The third kappa shape index (κ3) is 2.47. The van der Waals surface area contributed by atoms with Gasteiger partial charge in [0.05, 0.1) is 7.11 Å². The molecule has 0 atom stereocenters. The molecule has 0 fully saturated rings. The van der Waals surface area contributed by atoms with Gasteiger partial charge in [0.1, 0.15) is 17.1 Å². The Morgan fingerprint density at radius 1 is 1.14 bits per heavy atom. The van der Waals surface area contributed by atoms with Crippen molar-refractivity contribution in [2.75, 3.05) is 12.8 Å². The number of anilines is 1. The van der Waals surface area contributed by atoms with Crippen molar-refractivity contribution in [2.24, 2.45) is 0 Å². The van der Waals surface area contributed by atoms with Crippen LogP contribution in [0.15, 0.2) is 42.7 Å². The van der Waals surface area contributed by atoms with Crippen molar-refractivity contribution >= 4 is 29.3 Å². The van der Waals surface area contributed by atoms with Crippen molar-refractivity contribution in [3.05, 3.63) is 42.7 Å². The number of benzene rings is 1. The monoisotopic (exact) mass is 295 g/mol. The minimum absolute atomic E-state index is 0.371. The van der Waals surface area contributed by atoms with E-state index in [4.69, 9.17) is 10.5 Å². The summed E-state index contributed by atoms with van der Waals surface area (Å²) in [7, 11) is 0.0162. The van der Waals surface area contributed by atoms with Crippen LogP contribution in [0.3, 0.4) is 0 Å². The van der Waals surface area contributed by atoms with Gasteiger partial charge in [0, 0.05) is 28.9 Å². The molecular formula is C15H14BN3O3. The lowest BCUT2D eigenvalue weighted by atomic mass is 9.79. The Hall–Kier alpha value is -2.64. The van der Waals surface area contributed by atoms with E-state index >= 15 is 0 Å². The van der Waals surface area contributed by atoms with Gasteiger partial charge >= 0.3 is 7.12 Å². The molecule has 3 rings (SSSR count). The number of hydrogen-bond donors (Lipinski definition) is 3. The molecule has 3 aromatic rings. The lowest BCUT2D eigenvalue weighted by Gasteiger charge is -2.11. The molecule has 1 aromatic carbocycles. The number of nitrogens with two attached hydrogens (primary N) is 1. The number of fused-ring (bicyclic) bond motifs is 1. The van der Waals surface area contributed by atoms with Crippen molar-refractivity contribution in [1.82, 2.24) is 9.97 Å². The first-order chi connectivity index (χ1) is 10.6. The average molecular weight is 295 g/mol. The van der Waals surface area contributed by atoms with Crippen LogP contribution >= 0.6 is 0 Å². The fourth-order valence-electron chi connectivity index (χ4n) is 2.34. The molecule has 0 spiro atoms. The van der Waals surface area contributed by atoms with Gasteiger partial charge in [-0.15, -0.1) is 0 Å². The van der Waals surface area contributed by atoms with Crippen molar-refractivity contribution in [2.45, 2.75) is 0 Å². The van der Waals surface area contributed by atoms with Gasteiger partial charge in [0.2, 0.25) is 0 Å². The number of nitrogen functional groups attached to an aromatic ring is 1. The van der Waals surface area contributed by atoms with Gasteiger partial charge < -0.3 is 20.5 Å². The van der Waals surface area contributed by atoms with Crippen molar-refractivity contribution < 1.29 is 14.8 Å². The minimum Gasteiger partial charge on any atom is -0.496 e. The first kappa shape index (κ1) is 14.3. The van der Waals surface area contributed by atoms with Crippen LogP contribution in [0.1, 0.15) is 0 Å². The fourth-order valence-corrected chi connectivity index (χ4v) is 2.34. The molecule has 0 saturated carbocycles. The van der Waals surface area contributed by atoms with Gasteiger partial charge in [-0.05, 0) is 23.7 Å². The highest BCUT2D eigenvalue weighted by Crippen LogP contribution is 2.30. The van der Waals surface area contributed by atoms with Gasteiger partial charge in [-0.2, -0.15) is 0 Å². The summed E-state index contributed by atoms with van der Waals surface area (Å²) in [6, 6.07) is 8.68. The van der Waals surface area contributed by atoms with E-state index in [-0.39, 0.29) is 0 Å². The molecule has 0 aliphatic rings. The maximum absolute atomic E-state index is 9.34. The van der Waals surface area contributed by atoms with Gasteiger partial charge in [-0.25, -0.2) is 4.98 Å². The van der Waals surface area contributed by atoms with Gasteiger partial charge in [-0.1, -0.05) is 12.1 Å². The summed E-state index contributed by atoms with van der Waals surface area (Å²) >= 11 is 0. The Labute approximate surface area is 127 Å². The summed E-state index contributed by atoms with van der Waals surface area (Å²) in [4.78, 5) is 8.34. The first-order valence-corrected chi connectivity index (χ1v) is 6.65. The van der Waals surface area contributed by atoms with Crippen LogP contribution in [0.2, 0.25) is 0 Å². The van der Waals surface area contributed by atoms with Crippen LogP contribution in [-0.2, 0) is 0 Å². The van der Waals surface area contributed by atoms with E-state index in [1.165, 1.54) is 0 Å². The highest BCUT2D eigenvalue weighted by Gasteiger charge is 2.15. The number of hydrogen-bond acceptors (Lipinski definition) is 6. The number of pyridine rings is 2. The summed E-state index contributed by atoms with van der Waals surface area (Å²) < 4.78 is 5.34. The third-order valence-corrected chi connectivity index (χ3v) is 3.46. The summed E-state index contributed by atoms with van der Waals surface area (Å²) in [5.41, 5.74) is 8.32. The molecule has 110 valence electrons. The van der Waals surface area contributed by atoms with E-state index in [0.717, 1.165) is 16.5 Å². The summed E-state index contributed by atoms with van der Waals surface area (Å²) in [6.45, 7) is 0. The maximum atomic E-state index is 9.34. The Morgan fingerprint density at radius 2 is 1.95 bits per heavy atom. The average Bonchev–Trinajstić information content (AvgIpc) is 2.54. The number of methoxy groups -OCH3 is 1. The zero-order valence-electron chi connectivity index (χ0n) is 11.9. The predicted molar refractivity (Wildman–Crippen MR) is 85.8 cm³/mol. The molecule has 0 bridgehead atoms. The molecule has 0 saturated heterocycles.